The Balaban J connectivity index is 2.18. The first kappa shape index (κ1) is 23.3. The standard InChI is InChI=1S/C17H20ClN3O6S2/c1-11(21-17(22)10-27-29(25,26)20-2)13-7-14(9-15(18)8-13)12-3-5-16(6-4-12)28(19,23)24/h3-9,11,20H,10H2,1-2H3,(H,21,22)(H2,19,23,24)/t11-/m0/s1. The van der Waals surface area contributed by atoms with Gasteiger partial charge in [-0.3, -0.25) is 4.79 Å². The number of nitrogens with one attached hydrogen (secondary N) is 2. The van der Waals surface area contributed by atoms with E-state index in [1.54, 1.807) is 37.3 Å². The topological polar surface area (TPSA) is 145 Å². The fraction of sp³-hybridized carbons (Fsp3) is 0.235. The van der Waals surface area contributed by atoms with Gasteiger partial charge in [0.1, 0.15) is 6.61 Å². The molecule has 0 unspecified atom stereocenters. The number of nitrogens with two attached hydrogens (primary N) is 1. The van der Waals surface area contributed by atoms with E-state index in [0.29, 0.717) is 21.7 Å². The van der Waals surface area contributed by atoms with Crippen LogP contribution in [0.3, 0.4) is 0 Å². The van der Waals surface area contributed by atoms with Gasteiger partial charge in [-0.2, -0.15) is 13.1 Å². The molecule has 0 heterocycles. The lowest BCUT2D eigenvalue weighted by Crippen LogP contribution is -2.33. The van der Waals surface area contributed by atoms with Gasteiger partial charge in [0.25, 0.3) is 0 Å². The SMILES string of the molecule is CNS(=O)(=O)OCC(=O)N[C@@H](C)c1cc(Cl)cc(-c2ccc(S(N)(=O)=O)cc2)c1. The second-order valence-electron chi connectivity index (χ2n) is 6.05. The number of hydrogen-bond donors (Lipinski definition) is 3. The number of amides is 1. The van der Waals surface area contributed by atoms with Crippen LogP contribution >= 0.6 is 11.6 Å². The molecule has 29 heavy (non-hydrogen) atoms. The number of rotatable bonds is 8. The molecule has 0 bridgehead atoms. The Morgan fingerprint density at radius 3 is 2.28 bits per heavy atom. The maximum absolute atomic E-state index is 11.9. The van der Waals surface area contributed by atoms with Crippen LogP contribution in [0.15, 0.2) is 47.4 Å². The van der Waals surface area contributed by atoms with Crippen molar-refractivity contribution in [2.75, 3.05) is 13.7 Å². The van der Waals surface area contributed by atoms with Crippen LogP contribution in [0.2, 0.25) is 5.02 Å². The predicted molar refractivity (Wildman–Crippen MR) is 109 cm³/mol. The zero-order valence-corrected chi connectivity index (χ0v) is 17.9. The van der Waals surface area contributed by atoms with Crippen molar-refractivity contribution in [3.8, 4) is 11.1 Å². The van der Waals surface area contributed by atoms with Gasteiger partial charge in [0.2, 0.25) is 15.9 Å². The van der Waals surface area contributed by atoms with E-state index in [0.717, 1.165) is 0 Å². The minimum absolute atomic E-state index is 0.0133. The Labute approximate surface area is 174 Å². The first-order valence-corrected chi connectivity index (χ1v) is 11.6. The molecule has 2 rings (SSSR count). The third kappa shape index (κ3) is 6.77. The Morgan fingerprint density at radius 1 is 1.10 bits per heavy atom. The molecule has 0 aliphatic rings. The van der Waals surface area contributed by atoms with Crippen molar-refractivity contribution in [1.82, 2.24) is 10.0 Å². The first-order chi connectivity index (χ1) is 13.4. The molecule has 2 aromatic rings. The lowest BCUT2D eigenvalue weighted by Gasteiger charge is -2.16. The average molecular weight is 462 g/mol. The number of carbonyl (C=O) groups excluding carboxylic acids is 1. The summed E-state index contributed by atoms with van der Waals surface area (Å²) in [6, 6.07) is 10.6. The van der Waals surface area contributed by atoms with Gasteiger partial charge in [-0.1, -0.05) is 23.7 Å². The molecule has 0 aromatic heterocycles. The van der Waals surface area contributed by atoms with Gasteiger partial charge in [0, 0.05) is 12.1 Å². The van der Waals surface area contributed by atoms with E-state index >= 15 is 0 Å². The van der Waals surface area contributed by atoms with Gasteiger partial charge in [0.15, 0.2) is 0 Å². The van der Waals surface area contributed by atoms with Gasteiger partial charge in [0.05, 0.1) is 10.9 Å². The maximum atomic E-state index is 11.9. The van der Waals surface area contributed by atoms with E-state index < -0.39 is 38.9 Å². The van der Waals surface area contributed by atoms with Crippen molar-refractivity contribution in [2.45, 2.75) is 17.9 Å². The molecule has 2 aromatic carbocycles. The summed E-state index contributed by atoms with van der Waals surface area (Å²) in [7, 11) is -6.59. The lowest BCUT2D eigenvalue weighted by atomic mass is 10.00. The average Bonchev–Trinajstić information content (AvgIpc) is 2.65. The number of hydrogen-bond acceptors (Lipinski definition) is 6. The summed E-state index contributed by atoms with van der Waals surface area (Å²) in [5, 5.41) is 8.12. The highest BCUT2D eigenvalue weighted by atomic mass is 35.5. The van der Waals surface area contributed by atoms with Gasteiger partial charge in [-0.05, 0) is 53.9 Å². The summed E-state index contributed by atoms with van der Waals surface area (Å²) in [4.78, 5) is 11.9. The molecule has 0 aliphatic heterocycles. The van der Waals surface area contributed by atoms with E-state index in [1.807, 2.05) is 4.72 Å². The summed E-state index contributed by atoms with van der Waals surface area (Å²) in [5.41, 5.74) is 2.06. The van der Waals surface area contributed by atoms with E-state index in [-0.39, 0.29) is 4.90 Å². The summed E-state index contributed by atoms with van der Waals surface area (Å²) in [5.74, 6) is -0.629. The largest absolute Gasteiger partial charge is 0.348 e. The van der Waals surface area contributed by atoms with Crippen LogP contribution in [-0.4, -0.2) is 36.4 Å². The van der Waals surface area contributed by atoms with E-state index in [4.69, 9.17) is 16.7 Å². The highest BCUT2D eigenvalue weighted by Gasteiger charge is 2.15. The summed E-state index contributed by atoms with van der Waals surface area (Å²) < 4.78 is 51.6. The maximum Gasteiger partial charge on any atom is 0.336 e. The molecule has 9 nitrogen and oxygen atoms in total. The smallest absolute Gasteiger partial charge is 0.336 e. The molecule has 1 amide bonds. The van der Waals surface area contributed by atoms with Crippen LogP contribution in [0.4, 0.5) is 0 Å². The molecule has 12 heteroatoms. The van der Waals surface area contributed by atoms with Crippen molar-refractivity contribution in [3.63, 3.8) is 0 Å². The molecule has 0 saturated carbocycles. The Bertz CT molecular complexity index is 1100. The molecular weight excluding hydrogens is 442 g/mol. The van der Waals surface area contributed by atoms with Gasteiger partial charge < -0.3 is 5.32 Å². The van der Waals surface area contributed by atoms with E-state index in [2.05, 4.69) is 9.50 Å². The third-order valence-corrected chi connectivity index (χ3v) is 5.98. The monoisotopic (exact) mass is 461 g/mol. The molecule has 0 spiro atoms. The molecule has 158 valence electrons. The van der Waals surface area contributed by atoms with Crippen molar-refractivity contribution < 1.29 is 25.8 Å². The molecule has 0 fully saturated rings. The van der Waals surface area contributed by atoms with Crippen molar-refractivity contribution in [2.24, 2.45) is 5.14 Å². The minimum atomic E-state index is -3.96. The summed E-state index contributed by atoms with van der Waals surface area (Å²) in [6.45, 7) is 1.03. The third-order valence-electron chi connectivity index (χ3n) is 3.91. The minimum Gasteiger partial charge on any atom is -0.348 e. The first-order valence-electron chi connectivity index (χ1n) is 8.22. The van der Waals surface area contributed by atoms with Crippen LogP contribution in [0.1, 0.15) is 18.5 Å². The number of primary sulfonamides is 1. The number of carbonyl (C=O) groups is 1. The molecule has 4 N–H and O–H groups in total. The van der Waals surface area contributed by atoms with E-state index in [1.165, 1.54) is 19.2 Å². The predicted octanol–water partition coefficient (Wildman–Crippen LogP) is 1.31. The van der Waals surface area contributed by atoms with Gasteiger partial charge >= 0.3 is 10.3 Å². The zero-order chi connectivity index (χ0) is 21.8. The Kier molecular flexibility index (Phi) is 7.38. The quantitative estimate of drug-likeness (QED) is 0.540. The highest BCUT2D eigenvalue weighted by Crippen LogP contribution is 2.28. The Hall–Kier alpha value is -2.02. The van der Waals surface area contributed by atoms with Crippen LogP contribution in [0.25, 0.3) is 11.1 Å². The van der Waals surface area contributed by atoms with Gasteiger partial charge in [-0.15, -0.1) is 0 Å². The Morgan fingerprint density at radius 2 is 1.72 bits per heavy atom. The molecule has 0 aliphatic carbocycles. The summed E-state index contributed by atoms with van der Waals surface area (Å²) in [6.07, 6.45) is 0. The molecule has 0 saturated heterocycles. The normalized spacial score (nSPS) is 13.1. The zero-order valence-electron chi connectivity index (χ0n) is 15.5. The number of benzene rings is 2. The molecule has 0 radical (unpaired) electrons. The lowest BCUT2D eigenvalue weighted by molar-refractivity contribution is -0.123. The van der Waals surface area contributed by atoms with Crippen LogP contribution in [0, 0.1) is 0 Å². The van der Waals surface area contributed by atoms with Crippen LogP contribution in [-0.2, 0) is 29.3 Å². The van der Waals surface area contributed by atoms with Crippen molar-refractivity contribution in [1.29, 1.82) is 0 Å². The van der Waals surface area contributed by atoms with Crippen molar-refractivity contribution >= 4 is 37.8 Å². The van der Waals surface area contributed by atoms with Gasteiger partial charge in [-0.25, -0.2) is 17.7 Å². The second kappa shape index (κ2) is 9.20. The molecule has 1 atom stereocenters. The van der Waals surface area contributed by atoms with Crippen LogP contribution in [0.5, 0.6) is 0 Å². The van der Waals surface area contributed by atoms with Crippen LogP contribution < -0.4 is 15.2 Å². The highest BCUT2D eigenvalue weighted by molar-refractivity contribution is 7.89. The van der Waals surface area contributed by atoms with E-state index in [9.17, 15) is 21.6 Å². The second-order valence-corrected chi connectivity index (χ2v) is 9.60. The number of halogens is 1. The fourth-order valence-electron chi connectivity index (χ4n) is 2.42. The van der Waals surface area contributed by atoms with Crippen molar-refractivity contribution in [3.05, 3.63) is 53.1 Å². The number of sulfonamides is 1. The fourth-order valence-corrected chi connectivity index (χ4v) is 3.56. The summed E-state index contributed by atoms with van der Waals surface area (Å²) >= 11 is 6.18. The molecular formula is C17H20ClN3O6S2.